The van der Waals surface area contributed by atoms with Crippen molar-refractivity contribution >= 4 is 29.9 Å². The second kappa shape index (κ2) is 12.7. The van der Waals surface area contributed by atoms with Crippen LogP contribution in [0.25, 0.3) is 0 Å². The van der Waals surface area contributed by atoms with Crippen molar-refractivity contribution in [3.05, 3.63) is 29.8 Å². The Morgan fingerprint density at radius 2 is 2.10 bits per heavy atom. The van der Waals surface area contributed by atoms with E-state index in [1.165, 1.54) is 0 Å². The average Bonchev–Trinajstić information content (AvgIpc) is 2.47. The van der Waals surface area contributed by atoms with Gasteiger partial charge in [0.05, 0.1) is 6.61 Å². The molecular weight excluding hydrogens is 381 g/mol. The molecule has 0 bridgehead atoms. The van der Waals surface area contributed by atoms with Gasteiger partial charge in [0.2, 0.25) is 0 Å². The van der Waals surface area contributed by atoms with Crippen LogP contribution in [0, 0.1) is 0 Å². The zero-order valence-corrected chi connectivity index (χ0v) is 15.3. The van der Waals surface area contributed by atoms with Crippen LogP contribution in [-0.4, -0.2) is 39.9 Å². The third-order valence-electron chi connectivity index (χ3n) is 2.71. The fourth-order valence-electron chi connectivity index (χ4n) is 1.74. The number of guanidine groups is 1. The van der Waals surface area contributed by atoms with Gasteiger partial charge < -0.3 is 20.1 Å². The second-order valence-electron chi connectivity index (χ2n) is 4.28. The fourth-order valence-corrected chi connectivity index (χ4v) is 1.74. The SMILES string of the molecule is CCOc1cccc(CNC(=NC)NCCCOC)c1.I. The molecule has 0 fully saturated rings. The lowest BCUT2D eigenvalue weighted by atomic mass is 10.2. The highest BCUT2D eigenvalue weighted by molar-refractivity contribution is 14.0. The maximum absolute atomic E-state index is 5.48. The Bertz CT molecular complexity index is 414. The van der Waals surface area contributed by atoms with Crippen molar-refractivity contribution in [2.45, 2.75) is 19.9 Å². The number of rotatable bonds is 8. The number of hydrogen-bond donors (Lipinski definition) is 2. The molecule has 0 saturated carbocycles. The molecule has 1 rings (SSSR count). The van der Waals surface area contributed by atoms with Gasteiger partial charge in [-0.15, -0.1) is 24.0 Å². The molecule has 2 N–H and O–H groups in total. The van der Waals surface area contributed by atoms with E-state index < -0.39 is 0 Å². The van der Waals surface area contributed by atoms with Crippen molar-refractivity contribution in [3.8, 4) is 5.75 Å². The van der Waals surface area contributed by atoms with Crippen molar-refractivity contribution in [3.63, 3.8) is 0 Å². The van der Waals surface area contributed by atoms with Crippen molar-refractivity contribution in [1.82, 2.24) is 10.6 Å². The zero-order valence-electron chi connectivity index (χ0n) is 13.0. The number of aliphatic imine (C=N–C) groups is 1. The minimum Gasteiger partial charge on any atom is -0.494 e. The van der Waals surface area contributed by atoms with Crippen LogP contribution in [0.5, 0.6) is 5.75 Å². The van der Waals surface area contributed by atoms with Crippen LogP contribution in [0.2, 0.25) is 0 Å². The van der Waals surface area contributed by atoms with Crippen LogP contribution in [-0.2, 0) is 11.3 Å². The maximum atomic E-state index is 5.48. The standard InChI is InChI=1S/C15H25N3O2.HI/c1-4-20-14-8-5-7-13(11-14)12-18-15(16-2)17-9-6-10-19-3;/h5,7-8,11H,4,6,9-10,12H2,1-3H3,(H2,16,17,18);1H. The van der Waals surface area contributed by atoms with E-state index in [-0.39, 0.29) is 24.0 Å². The Hall–Kier alpha value is -1.02. The van der Waals surface area contributed by atoms with Gasteiger partial charge in [-0.3, -0.25) is 4.99 Å². The topological polar surface area (TPSA) is 54.9 Å². The van der Waals surface area contributed by atoms with E-state index in [0.717, 1.165) is 36.8 Å². The van der Waals surface area contributed by atoms with Crippen molar-refractivity contribution in [2.75, 3.05) is 33.9 Å². The summed E-state index contributed by atoms with van der Waals surface area (Å²) in [6, 6.07) is 8.06. The van der Waals surface area contributed by atoms with Gasteiger partial charge in [0, 0.05) is 33.9 Å². The molecule has 5 nitrogen and oxygen atoms in total. The van der Waals surface area contributed by atoms with Crippen LogP contribution in [0.4, 0.5) is 0 Å². The average molecular weight is 407 g/mol. The van der Waals surface area contributed by atoms with E-state index in [1.54, 1.807) is 14.2 Å². The first-order chi connectivity index (χ1) is 9.80. The summed E-state index contributed by atoms with van der Waals surface area (Å²) in [7, 11) is 3.47. The van der Waals surface area contributed by atoms with Crippen LogP contribution in [0.3, 0.4) is 0 Å². The van der Waals surface area contributed by atoms with Crippen molar-refractivity contribution < 1.29 is 9.47 Å². The van der Waals surface area contributed by atoms with Crippen molar-refractivity contribution in [2.24, 2.45) is 4.99 Å². The Balaban J connectivity index is 0.00000400. The Morgan fingerprint density at radius 1 is 1.29 bits per heavy atom. The van der Waals surface area contributed by atoms with Gasteiger partial charge in [-0.05, 0) is 31.0 Å². The summed E-state index contributed by atoms with van der Waals surface area (Å²) in [6.07, 6.45) is 0.955. The second-order valence-corrected chi connectivity index (χ2v) is 4.28. The summed E-state index contributed by atoms with van der Waals surface area (Å²) in [5, 5.41) is 6.52. The van der Waals surface area contributed by atoms with Crippen LogP contribution in [0.15, 0.2) is 29.3 Å². The lowest BCUT2D eigenvalue weighted by molar-refractivity contribution is 0.195. The molecule has 0 aliphatic rings. The first-order valence-corrected chi connectivity index (χ1v) is 6.95. The highest BCUT2D eigenvalue weighted by atomic mass is 127. The Labute approximate surface area is 144 Å². The summed E-state index contributed by atoms with van der Waals surface area (Å²) < 4.78 is 10.5. The molecule has 0 aliphatic carbocycles. The normalized spacial score (nSPS) is 10.7. The maximum Gasteiger partial charge on any atom is 0.191 e. The quantitative estimate of drug-likeness (QED) is 0.301. The van der Waals surface area contributed by atoms with E-state index in [0.29, 0.717) is 13.2 Å². The number of benzene rings is 1. The first-order valence-electron chi connectivity index (χ1n) is 6.95. The highest BCUT2D eigenvalue weighted by Crippen LogP contribution is 2.12. The first kappa shape index (κ1) is 20.0. The summed E-state index contributed by atoms with van der Waals surface area (Å²) >= 11 is 0. The van der Waals surface area contributed by atoms with Crippen LogP contribution >= 0.6 is 24.0 Å². The third kappa shape index (κ3) is 8.77. The Kier molecular flexibility index (Phi) is 12.1. The van der Waals surface area contributed by atoms with Gasteiger partial charge in [0.1, 0.15) is 5.75 Å². The highest BCUT2D eigenvalue weighted by Gasteiger charge is 1.99. The molecular formula is C15H26IN3O2. The van der Waals surface area contributed by atoms with Gasteiger partial charge in [0.25, 0.3) is 0 Å². The lowest BCUT2D eigenvalue weighted by Gasteiger charge is -2.12. The van der Waals surface area contributed by atoms with Gasteiger partial charge >= 0.3 is 0 Å². The molecule has 0 radical (unpaired) electrons. The minimum atomic E-state index is 0. The number of hydrogen-bond acceptors (Lipinski definition) is 3. The fraction of sp³-hybridized carbons (Fsp3) is 0.533. The summed E-state index contributed by atoms with van der Waals surface area (Å²) in [4.78, 5) is 4.18. The monoisotopic (exact) mass is 407 g/mol. The van der Waals surface area contributed by atoms with Crippen molar-refractivity contribution in [1.29, 1.82) is 0 Å². The number of ether oxygens (including phenoxy) is 2. The van der Waals surface area contributed by atoms with Crippen LogP contribution < -0.4 is 15.4 Å². The summed E-state index contributed by atoms with van der Waals surface area (Å²) in [5.74, 6) is 1.69. The third-order valence-corrected chi connectivity index (χ3v) is 2.71. The largest absolute Gasteiger partial charge is 0.494 e. The molecule has 1 aromatic rings. The molecule has 6 heteroatoms. The van der Waals surface area contributed by atoms with E-state index in [2.05, 4.69) is 21.7 Å². The molecule has 0 heterocycles. The van der Waals surface area contributed by atoms with Gasteiger partial charge in [-0.1, -0.05) is 12.1 Å². The van der Waals surface area contributed by atoms with Crippen LogP contribution in [0.1, 0.15) is 18.9 Å². The summed E-state index contributed by atoms with van der Waals surface area (Å²) in [5.41, 5.74) is 1.16. The van der Waals surface area contributed by atoms with Gasteiger partial charge in [-0.2, -0.15) is 0 Å². The lowest BCUT2D eigenvalue weighted by Crippen LogP contribution is -2.37. The number of nitrogens with one attached hydrogen (secondary N) is 2. The van der Waals surface area contributed by atoms with E-state index in [4.69, 9.17) is 9.47 Å². The number of halogens is 1. The van der Waals surface area contributed by atoms with Gasteiger partial charge in [0.15, 0.2) is 5.96 Å². The molecule has 120 valence electrons. The number of nitrogens with zero attached hydrogens (tertiary/aromatic N) is 1. The zero-order chi connectivity index (χ0) is 14.6. The molecule has 0 saturated heterocycles. The molecule has 0 spiro atoms. The smallest absolute Gasteiger partial charge is 0.191 e. The minimum absolute atomic E-state index is 0. The molecule has 0 atom stereocenters. The van der Waals surface area contributed by atoms with E-state index in [1.807, 2.05) is 25.1 Å². The van der Waals surface area contributed by atoms with Gasteiger partial charge in [-0.25, -0.2) is 0 Å². The van der Waals surface area contributed by atoms with E-state index in [9.17, 15) is 0 Å². The summed E-state index contributed by atoms with van der Waals surface area (Å²) in [6.45, 7) is 4.97. The van der Waals surface area contributed by atoms with E-state index >= 15 is 0 Å². The Morgan fingerprint density at radius 3 is 2.76 bits per heavy atom. The predicted molar refractivity (Wildman–Crippen MR) is 97.7 cm³/mol. The molecule has 1 aromatic carbocycles. The molecule has 21 heavy (non-hydrogen) atoms. The molecule has 0 aliphatic heterocycles. The molecule has 0 aromatic heterocycles. The predicted octanol–water partition coefficient (Wildman–Crippen LogP) is 2.40. The molecule has 0 amide bonds. The molecule has 0 unspecified atom stereocenters. The number of methoxy groups -OCH3 is 1.